The van der Waals surface area contributed by atoms with Crippen LogP contribution in [0.1, 0.15) is 0 Å². The predicted molar refractivity (Wildman–Crippen MR) is 339 cm³/mol. The van der Waals surface area contributed by atoms with Crippen LogP contribution in [-0.4, -0.2) is 9.13 Å². The minimum absolute atomic E-state index is 1.14. The van der Waals surface area contributed by atoms with Crippen LogP contribution in [-0.2, 0) is 0 Å². The quantitative estimate of drug-likeness (QED) is 0.129. The zero-order valence-electron chi connectivity index (χ0n) is 43.9. The molecule has 0 aliphatic rings. The van der Waals surface area contributed by atoms with Gasteiger partial charge >= 0.3 is 0 Å². The number of fused-ring (bicyclic) bond motifs is 6. The van der Waals surface area contributed by atoms with E-state index >= 15 is 0 Å². The van der Waals surface area contributed by atoms with Gasteiger partial charge in [-0.15, -0.1) is 0 Å². The van der Waals surface area contributed by atoms with Gasteiger partial charge in [0.05, 0.1) is 22.1 Å². The number of nitrogens with zero attached hydrogens (tertiary/aromatic N) is 2. The molecule has 2 heteroatoms. The average Bonchev–Trinajstić information content (AvgIpc) is 4.12. The first-order valence-corrected chi connectivity index (χ1v) is 27.5. The van der Waals surface area contributed by atoms with E-state index in [4.69, 9.17) is 0 Å². The summed E-state index contributed by atoms with van der Waals surface area (Å²) in [6.45, 7) is 0. The van der Waals surface area contributed by atoms with Gasteiger partial charge in [-0.3, -0.25) is 0 Å². The van der Waals surface area contributed by atoms with Crippen LogP contribution < -0.4 is 0 Å². The van der Waals surface area contributed by atoms with E-state index in [-0.39, 0.29) is 0 Å². The van der Waals surface area contributed by atoms with Crippen molar-refractivity contribution in [2.45, 2.75) is 0 Å². The van der Waals surface area contributed by atoms with Gasteiger partial charge in [0.15, 0.2) is 0 Å². The lowest BCUT2D eigenvalue weighted by Crippen LogP contribution is -1.94. The SMILES string of the molecule is c1ccc(-c2ccccc2-c2ccc(-c3cccc(-c4cccc(-c5ccc(-c6ccc(-c7ccc(-n8c9ccccc9c9cc(-c%10ccc%11c(c%10)c%10ccccc%10n%11-c%10ccccc%10)ccc98)cc7)cc6)cc5)c4)c3)cc2)cc1. The number of para-hydroxylation sites is 3. The normalized spacial score (nSPS) is 11.5. The molecule has 0 radical (unpaired) electrons. The molecule has 2 nitrogen and oxygen atoms in total. The number of hydrogen-bond donors (Lipinski definition) is 0. The lowest BCUT2D eigenvalue weighted by atomic mass is 9.92. The number of benzene rings is 13. The second-order valence-electron chi connectivity index (χ2n) is 20.9. The Balaban J connectivity index is 0.653. The van der Waals surface area contributed by atoms with Gasteiger partial charge in [-0.2, -0.15) is 0 Å². The van der Waals surface area contributed by atoms with Gasteiger partial charge < -0.3 is 9.13 Å². The third-order valence-electron chi connectivity index (χ3n) is 16.2. The highest BCUT2D eigenvalue weighted by Crippen LogP contribution is 2.40. The second kappa shape index (κ2) is 19.8. The molecule has 0 N–H and O–H groups in total. The minimum Gasteiger partial charge on any atom is -0.309 e. The van der Waals surface area contributed by atoms with Crippen molar-refractivity contribution in [3.05, 3.63) is 315 Å². The van der Waals surface area contributed by atoms with Crippen LogP contribution in [0.3, 0.4) is 0 Å². The fourth-order valence-electron chi connectivity index (χ4n) is 12.2. The van der Waals surface area contributed by atoms with E-state index in [2.05, 4.69) is 325 Å². The van der Waals surface area contributed by atoms with Crippen molar-refractivity contribution >= 4 is 43.6 Å². The van der Waals surface area contributed by atoms with Gasteiger partial charge in [0.25, 0.3) is 0 Å². The van der Waals surface area contributed by atoms with Gasteiger partial charge in [-0.05, 0) is 162 Å². The molecule has 13 aromatic carbocycles. The van der Waals surface area contributed by atoms with E-state index < -0.39 is 0 Å². The van der Waals surface area contributed by atoms with Gasteiger partial charge in [0.1, 0.15) is 0 Å². The van der Waals surface area contributed by atoms with E-state index in [0.717, 1.165) is 5.69 Å². The molecule has 2 heterocycles. The van der Waals surface area contributed by atoms with Gasteiger partial charge in [-0.25, -0.2) is 0 Å². The third kappa shape index (κ3) is 8.39. The van der Waals surface area contributed by atoms with Crippen molar-refractivity contribution in [3.8, 4) is 100 Å². The van der Waals surface area contributed by atoms with E-state index in [1.165, 1.54) is 138 Å². The fourth-order valence-corrected chi connectivity index (χ4v) is 12.2. The molecule has 80 heavy (non-hydrogen) atoms. The highest BCUT2D eigenvalue weighted by molar-refractivity contribution is 6.13. The van der Waals surface area contributed by atoms with Gasteiger partial charge in [-0.1, -0.05) is 243 Å². The van der Waals surface area contributed by atoms with Crippen LogP contribution in [0.25, 0.3) is 144 Å². The molecule has 0 saturated carbocycles. The molecule has 0 bridgehead atoms. The summed E-state index contributed by atoms with van der Waals surface area (Å²) in [5.41, 5.74) is 26.4. The van der Waals surface area contributed by atoms with E-state index in [1.54, 1.807) is 0 Å². The molecule has 0 unspecified atom stereocenters. The lowest BCUT2D eigenvalue weighted by molar-refractivity contribution is 1.18. The summed E-state index contributed by atoms with van der Waals surface area (Å²) in [5.74, 6) is 0. The smallest absolute Gasteiger partial charge is 0.0541 e. The topological polar surface area (TPSA) is 9.86 Å². The molecule has 2 aromatic heterocycles. The Morgan fingerprint density at radius 3 is 0.875 bits per heavy atom. The molecule has 0 aliphatic carbocycles. The number of aromatic nitrogens is 2. The van der Waals surface area contributed by atoms with Crippen LogP contribution in [0.4, 0.5) is 0 Å². The summed E-state index contributed by atoms with van der Waals surface area (Å²) < 4.78 is 4.78. The fraction of sp³-hybridized carbons (Fsp3) is 0. The van der Waals surface area contributed by atoms with Crippen molar-refractivity contribution in [1.29, 1.82) is 0 Å². The molecule has 0 saturated heterocycles. The van der Waals surface area contributed by atoms with E-state index in [0.29, 0.717) is 0 Å². The molecule has 0 amide bonds. The molecule has 0 aliphatic heterocycles. The first-order valence-electron chi connectivity index (χ1n) is 27.5. The summed E-state index contributed by atoms with van der Waals surface area (Å²) in [6.07, 6.45) is 0. The summed E-state index contributed by atoms with van der Waals surface area (Å²) in [5, 5.41) is 5.00. The second-order valence-corrected chi connectivity index (χ2v) is 20.9. The third-order valence-corrected chi connectivity index (χ3v) is 16.2. The van der Waals surface area contributed by atoms with Crippen LogP contribution >= 0.6 is 0 Å². The van der Waals surface area contributed by atoms with Crippen molar-refractivity contribution in [2.75, 3.05) is 0 Å². The zero-order valence-corrected chi connectivity index (χ0v) is 43.9. The minimum atomic E-state index is 1.14. The van der Waals surface area contributed by atoms with Crippen LogP contribution in [0.2, 0.25) is 0 Å². The maximum absolute atomic E-state index is 2.41. The summed E-state index contributed by atoms with van der Waals surface area (Å²) in [7, 11) is 0. The van der Waals surface area contributed by atoms with Gasteiger partial charge in [0.2, 0.25) is 0 Å². The molecule has 15 aromatic rings. The molecule has 374 valence electrons. The van der Waals surface area contributed by atoms with E-state index in [1.807, 2.05) is 0 Å². The van der Waals surface area contributed by atoms with Crippen molar-refractivity contribution in [2.24, 2.45) is 0 Å². The Kier molecular flexibility index (Phi) is 11.6. The first-order chi connectivity index (χ1) is 39.6. The lowest BCUT2D eigenvalue weighted by Gasteiger charge is -2.12. The number of hydrogen-bond acceptors (Lipinski definition) is 0. The molecule has 0 atom stereocenters. The van der Waals surface area contributed by atoms with Gasteiger partial charge in [0, 0.05) is 32.9 Å². The molecular formula is C78H52N2. The predicted octanol–water partition coefficient (Wildman–Crippen LogP) is 21.2. The van der Waals surface area contributed by atoms with Crippen molar-refractivity contribution < 1.29 is 0 Å². The average molecular weight is 1020 g/mol. The molecule has 0 fully saturated rings. The Hall–Kier alpha value is -10.5. The van der Waals surface area contributed by atoms with Crippen LogP contribution in [0, 0.1) is 0 Å². The molecular weight excluding hydrogens is 965 g/mol. The number of rotatable bonds is 10. The standard InChI is InChI=1S/C78H52N2/c1-3-15-59(16-4-1)69-23-7-8-24-70(69)60-39-37-58(38-40-60)62-18-14-20-64(50-62)63-19-13-17-61(49-63)57-35-33-54(34-36-57)53-29-31-55(32-30-53)56-41-45-68(46-42-56)80-76-28-12-10-26-72(76)74-52-66(44-48-78(74)80)65-43-47-77-73(51-65)71-25-9-11-27-75(71)79(77)67-21-5-2-6-22-67/h1-52H. The summed E-state index contributed by atoms with van der Waals surface area (Å²) in [6, 6.07) is 115. The summed E-state index contributed by atoms with van der Waals surface area (Å²) >= 11 is 0. The Morgan fingerprint density at radius 1 is 0.150 bits per heavy atom. The summed E-state index contributed by atoms with van der Waals surface area (Å²) in [4.78, 5) is 0. The highest BCUT2D eigenvalue weighted by atomic mass is 15.0. The largest absolute Gasteiger partial charge is 0.309 e. The zero-order chi connectivity index (χ0) is 52.9. The monoisotopic (exact) mass is 1020 g/mol. The van der Waals surface area contributed by atoms with E-state index in [9.17, 15) is 0 Å². The van der Waals surface area contributed by atoms with Crippen LogP contribution in [0.15, 0.2) is 315 Å². The highest BCUT2D eigenvalue weighted by Gasteiger charge is 2.17. The Morgan fingerprint density at radius 2 is 0.425 bits per heavy atom. The Labute approximate surface area is 466 Å². The molecule has 15 rings (SSSR count). The molecule has 0 spiro atoms. The van der Waals surface area contributed by atoms with Crippen molar-refractivity contribution in [1.82, 2.24) is 9.13 Å². The maximum atomic E-state index is 2.41. The maximum Gasteiger partial charge on any atom is 0.0541 e. The van der Waals surface area contributed by atoms with Crippen molar-refractivity contribution in [3.63, 3.8) is 0 Å². The van der Waals surface area contributed by atoms with Crippen LogP contribution in [0.5, 0.6) is 0 Å². The first kappa shape index (κ1) is 46.7. The Bertz CT molecular complexity index is 4760.